The Labute approximate surface area is 122 Å². The number of rotatable bonds is 10. The Kier molecular flexibility index (Phi) is 8.76. The van der Waals surface area contributed by atoms with Gasteiger partial charge in [0.2, 0.25) is 0 Å². The quantitative estimate of drug-likeness (QED) is 0.653. The molecule has 1 rings (SSSR count). The van der Waals surface area contributed by atoms with E-state index in [0.29, 0.717) is 6.04 Å². The first kappa shape index (κ1) is 16.4. The molecule has 1 unspecified atom stereocenters. The molecular formula is C16H27NOS. The van der Waals surface area contributed by atoms with Crippen LogP contribution in [0.25, 0.3) is 0 Å². The van der Waals surface area contributed by atoms with Crippen LogP contribution >= 0.6 is 11.8 Å². The molecular weight excluding hydrogens is 254 g/mol. The van der Waals surface area contributed by atoms with E-state index in [4.69, 9.17) is 4.74 Å². The number of ether oxygens (including phenoxy) is 1. The van der Waals surface area contributed by atoms with Crippen LogP contribution in [0.4, 0.5) is 0 Å². The molecule has 1 atom stereocenters. The third kappa shape index (κ3) is 7.48. The molecule has 108 valence electrons. The standard InChI is InChI=1S/C16H27NOS/c1-4-11-18-16-8-6-15(7-9-16)13-17-14(3)10-12-19-5-2/h6-9,14,17H,4-5,10-13H2,1-3H3. The van der Waals surface area contributed by atoms with E-state index >= 15 is 0 Å². The second-order valence-electron chi connectivity index (χ2n) is 4.76. The van der Waals surface area contributed by atoms with Crippen molar-refractivity contribution in [3.05, 3.63) is 29.8 Å². The zero-order valence-electron chi connectivity index (χ0n) is 12.4. The zero-order valence-corrected chi connectivity index (χ0v) is 13.3. The van der Waals surface area contributed by atoms with Gasteiger partial charge >= 0.3 is 0 Å². The molecule has 0 saturated heterocycles. The van der Waals surface area contributed by atoms with Crippen LogP contribution < -0.4 is 10.1 Å². The number of benzene rings is 1. The van der Waals surface area contributed by atoms with Crippen LogP contribution in [0.5, 0.6) is 5.75 Å². The average Bonchev–Trinajstić information content (AvgIpc) is 2.44. The van der Waals surface area contributed by atoms with Gasteiger partial charge in [0.25, 0.3) is 0 Å². The summed E-state index contributed by atoms with van der Waals surface area (Å²) in [4.78, 5) is 0. The Morgan fingerprint density at radius 3 is 2.58 bits per heavy atom. The summed E-state index contributed by atoms with van der Waals surface area (Å²) in [5, 5.41) is 3.57. The molecule has 1 N–H and O–H groups in total. The van der Waals surface area contributed by atoms with Crippen molar-refractivity contribution in [1.29, 1.82) is 0 Å². The molecule has 0 aliphatic rings. The van der Waals surface area contributed by atoms with E-state index in [9.17, 15) is 0 Å². The summed E-state index contributed by atoms with van der Waals surface area (Å²) in [5.74, 6) is 3.43. The van der Waals surface area contributed by atoms with Gasteiger partial charge in [0.1, 0.15) is 5.75 Å². The molecule has 0 spiro atoms. The number of hydrogen-bond acceptors (Lipinski definition) is 3. The maximum absolute atomic E-state index is 5.58. The SMILES string of the molecule is CCCOc1ccc(CNC(C)CCSCC)cc1. The molecule has 1 aromatic rings. The van der Waals surface area contributed by atoms with Gasteiger partial charge in [0.15, 0.2) is 0 Å². The normalized spacial score (nSPS) is 12.4. The summed E-state index contributed by atoms with van der Waals surface area (Å²) in [5.41, 5.74) is 1.32. The van der Waals surface area contributed by atoms with Gasteiger partial charge in [-0.25, -0.2) is 0 Å². The Balaban J connectivity index is 2.25. The summed E-state index contributed by atoms with van der Waals surface area (Å²) in [6, 6.07) is 8.99. The second kappa shape index (κ2) is 10.2. The first-order valence-electron chi connectivity index (χ1n) is 7.29. The minimum absolute atomic E-state index is 0.579. The molecule has 0 fully saturated rings. The molecule has 0 amide bonds. The van der Waals surface area contributed by atoms with Gasteiger partial charge in [-0.05, 0) is 49.0 Å². The lowest BCUT2D eigenvalue weighted by atomic mass is 10.2. The Morgan fingerprint density at radius 1 is 1.21 bits per heavy atom. The van der Waals surface area contributed by atoms with Crippen LogP contribution in [0.1, 0.15) is 39.2 Å². The Hall–Kier alpha value is -0.670. The molecule has 0 radical (unpaired) electrons. The fourth-order valence-electron chi connectivity index (χ4n) is 1.72. The van der Waals surface area contributed by atoms with Crippen molar-refractivity contribution < 1.29 is 4.74 Å². The van der Waals surface area contributed by atoms with E-state index in [1.165, 1.54) is 23.5 Å². The molecule has 0 saturated carbocycles. The summed E-state index contributed by atoms with van der Waals surface area (Å²) in [6.07, 6.45) is 2.28. The van der Waals surface area contributed by atoms with Gasteiger partial charge in [-0.15, -0.1) is 0 Å². The second-order valence-corrected chi connectivity index (χ2v) is 6.15. The van der Waals surface area contributed by atoms with E-state index in [1.807, 2.05) is 11.8 Å². The zero-order chi connectivity index (χ0) is 13.9. The van der Waals surface area contributed by atoms with Crippen molar-refractivity contribution in [2.24, 2.45) is 0 Å². The maximum Gasteiger partial charge on any atom is 0.119 e. The van der Waals surface area contributed by atoms with Crippen molar-refractivity contribution in [2.45, 2.75) is 46.2 Å². The van der Waals surface area contributed by atoms with Crippen LogP contribution in [0.15, 0.2) is 24.3 Å². The van der Waals surface area contributed by atoms with Gasteiger partial charge in [0.05, 0.1) is 6.61 Å². The summed E-state index contributed by atoms with van der Waals surface area (Å²) in [7, 11) is 0. The molecule has 0 aliphatic heterocycles. The molecule has 0 bridgehead atoms. The van der Waals surface area contributed by atoms with Gasteiger partial charge < -0.3 is 10.1 Å². The van der Waals surface area contributed by atoms with Gasteiger partial charge in [-0.2, -0.15) is 11.8 Å². The highest BCUT2D eigenvalue weighted by Crippen LogP contribution is 2.12. The summed E-state index contributed by atoms with van der Waals surface area (Å²) < 4.78 is 5.58. The maximum atomic E-state index is 5.58. The van der Waals surface area contributed by atoms with E-state index in [-0.39, 0.29) is 0 Å². The molecule has 19 heavy (non-hydrogen) atoms. The minimum Gasteiger partial charge on any atom is -0.494 e. The fourth-order valence-corrected chi connectivity index (χ4v) is 2.53. The highest BCUT2D eigenvalue weighted by Gasteiger charge is 2.01. The summed E-state index contributed by atoms with van der Waals surface area (Å²) in [6.45, 7) is 8.33. The largest absolute Gasteiger partial charge is 0.494 e. The topological polar surface area (TPSA) is 21.3 Å². The molecule has 0 aliphatic carbocycles. The van der Waals surface area contributed by atoms with Gasteiger partial charge in [0, 0.05) is 12.6 Å². The lowest BCUT2D eigenvalue weighted by molar-refractivity contribution is 0.317. The monoisotopic (exact) mass is 281 g/mol. The van der Waals surface area contributed by atoms with Crippen LogP contribution in [-0.2, 0) is 6.54 Å². The van der Waals surface area contributed by atoms with E-state index in [1.54, 1.807) is 0 Å². The van der Waals surface area contributed by atoms with E-state index < -0.39 is 0 Å². The lowest BCUT2D eigenvalue weighted by Crippen LogP contribution is -2.25. The number of thioether (sulfide) groups is 1. The van der Waals surface area contributed by atoms with Crippen molar-refractivity contribution in [3.63, 3.8) is 0 Å². The van der Waals surface area contributed by atoms with Crippen molar-refractivity contribution in [3.8, 4) is 5.75 Å². The van der Waals surface area contributed by atoms with E-state index in [0.717, 1.165) is 25.3 Å². The van der Waals surface area contributed by atoms with Crippen molar-refractivity contribution >= 4 is 11.8 Å². The lowest BCUT2D eigenvalue weighted by Gasteiger charge is -2.13. The smallest absolute Gasteiger partial charge is 0.119 e. The molecule has 1 aromatic carbocycles. The Bertz CT molecular complexity index is 326. The highest BCUT2D eigenvalue weighted by atomic mass is 32.2. The predicted molar refractivity (Wildman–Crippen MR) is 86.1 cm³/mol. The predicted octanol–water partition coefficient (Wildman–Crippen LogP) is 4.10. The first-order chi connectivity index (χ1) is 9.26. The third-order valence-electron chi connectivity index (χ3n) is 2.95. The van der Waals surface area contributed by atoms with Gasteiger partial charge in [-0.1, -0.05) is 26.0 Å². The number of nitrogens with one attached hydrogen (secondary N) is 1. The minimum atomic E-state index is 0.579. The van der Waals surface area contributed by atoms with Crippen molar-refractivity contribution in [1.82, 2.24) is 5.32 Å². The molecule has 0 aromatic heterocycles. The van der Waals surface area contributed by atoms with Gasteiger partial charge in [-0.3, -0.25) is 0 Å². The third-order valence-corrected chi connectivity index (χ3v) is 3.88. The van der Waals surface area contributed by atoms with Crippen LogP contribution in [0.2, 0.25) is 0 Å². The summed E-state index contributed by atoms with van der Waals surface area (Å²) >= 11 is 2.01. The van der Waals surface area contributed by atoms with E-state index in [2.05, 4.69) is 50.4 Å². The van der Waals surface area contributed by atoms with Crippen LogP contribution in [0, 0.1) is 0 Å². The average molecular weight is 281 g/mol. The molecule has 3 heteroatoms. The number of hydrogen-bond donors (Lipinski definition) is 1. The first-order valence-corrected chi connectivity index (χ1v) is 8.44. The highest BCUT2D eigenvalue weighted by molar-refractivity contribution is 7.99. The van der Waals surface area contributed by atoms with Crippen LogP contribution in [0.3, 0.4) is 0 Å². The molecule has 2 nitrogen and oxygen atoms in total. The Morgan fingerprint density at radius 2 is 1.95 bits per heavy atom. The van der Waals surface area contributed by atoms with Crippen LogP contribution in [-0.4, -0.2) is 24.2 Å². The molecule has 0 heterocycles. The fraction of sp³-hybridized carbons (Fsp3) is 0.625. The van der Waals surface area contributed by atoms with Crippen molar-refractivity contribution in [2.75, 3.05) is 18.1 Å².